The summed E-state index contributed by atoms with van der Waals surface area (Å²) in [6.45, 7) is 0. The molecular formula is C4H3F4NO. The van der Waals surface area contributed by atoms with Gasteiger partial charge in [0.15, 0.2) is 6.04 Å². The molecule has 0 aliphatic rings. The van der Waals surface area contributed by atoms with Crippen LogP contribution in [0.2, 0.25) is 0 Å². The largest absolute Gasteiger partial charge is 0.267 e. The first kappa shape index (κ1) is 9.10. The van der Waals surface area contributed by atoms with Crippen molar-refractivity contribution in [2.45, 2.75) is 18.9 Å². The van der Waals surface area contributed by atoms with E-state index in [0.717, 1.165) is 0 Å². The molecule has 0 aromatic rings. The van der Waals surface area contributed by atoms with Crippen LogP contribution in [0.3, 0.4) is 0 Å². The van der Waals surface area contributed by atoms with E-state index in [-0.39, 0.29) is 0 Å². The van der Waals surface area contributed by atoms with Gasteiger partial charge in [-0.15, -0.1) is 0 Å². The quantitative estimate of drug-likeness (QED) is 0.344. The highest BCUT2D eigenvalue weighted by Crippen LogP contribution is 2.13. The lowest BCUT2D eigenvalue weighted by molar-refractivity contribution is 0.0195. The topological polar surface area (TPSA) is 29.4 Å². The van der Waals surface area contributed by atoms with E-state index in [1.807, 2.05) is 0 Å². The molecule has 0 fully saturated rings. The summed E-state index contributed by atoms with van der Waals surface area (Å²) in [4.78, 5) is 11.5. The number of hydrogen-bond acceptors (Lipinski definition) is 2. The summed E-state index contributed by atoms with van der Waals surface area (Å²) in [5.74, 6) is 0. The highest BCUT2D eigenvalue weighted by atomic mass is 19.3. The van der Waals surface area contributed by atoms with Gasteiger partial charge in [-0.25, -0.2) is 22.4 Å². The third-order valence-corrected chi connectivity index (χ3v) is 0.718. The van der Waals surface area contributed by atoms with Crippen molar-refractivity contribution in [2.75, 3.05) is 0 Å². The second-order valence-corrected chi connectivity index (χ2v) is 1.38. The lowest BCUT2D eigenvalue weighted by atomic mass is 10.3. The first-order valence-corrected chi connectivity index (χ1v) is 2.23. The lowest BCUT2D eigenvalue weighted by Crippen LogP contribution is -2.24. The molecule has 0 aliphatic carbocycles. The fourth-order valence-electron chi connectivity index (χ4n) is 0.284. The second kappa shape index (κ2) is 4.00. The fraction of sp³-hybridized carbons (Fsp3) is 0.750. The van der Waals surface area contributed by atoms with Crippen molar-refractivity contribution in [3.05, 3.63) is 0 Å². The Morgan fingerprint density at radius 1 is 1.10 bits per heavy atom. The first-order valence-electron chi connectivity index (χ1n) is 2.23. The number of hydrogen-bond donors (Lipinski definition) is 0. The van der Waals surface area contributed by atoms with E-state index in [1.54, 1.807) is 0 Å². The van der Waals surface area contributed by atoms with E-state index in [2.05, 4.69) is 4.99 Å². The second-order valence-electron chi connectivity index (χ2n) is 1.38. The molecule has 10 heavy (non-hydrogen) atoms. The maximum absolute atomic E-state index is 11.4. The van der Waals surface area contributed by atoms with Crippen LogP contribution in [0.15, 0.2) is 4.99 Å². The molecular weight excluding hydrogens is 154 g/mol. The normalized spacial score (nSPS) is 10.7. The van der Waals surface area contributed by atoms with Crippen LogP contribution in [0.5, 0.6) is 0 Å². The molecule has 0 radical (unpaired) electrons. The van der Waals surface area contributed by atoms with E-state index in [0.29, 0.717) is 6.08 Å². The van der Waals surface area contributed by atoms with Gasteiger partial charge in [0, 0.05) is 0 Å². The Bertz CT molecular complexity index is 134. The molecule has 0 aromatic heterocycles. The van der Waals surface area contributed by atoms with Gasteiger partial charge >= 0.3 is 0 Å². The number of isocyanates is 1. The number of rotatable bonds is 3. The molecule has 0 saturated heterocycles. The van der Waals surface area contributed by atoms with Crippen LogP contribution in [0.1, 0.15) is 0 Å². The highest BCUT2D eigenvalue weighted by molar-refractivity contribution is 5.33. The molecule has 0 rings (SSSR count). The van der Waals surface area contributed by atoms with E-state index in [9.17, 15) is 22.4 Å². The van der Waals surface area contributed by atoms with Gasteiger partial charge in [0.25, 0.3) is 12.9 Å². The van der Waals surface area contributed by atoms with E-state index in [1.165, 1.54) is 0 Å². The van der Waals surface area contributed by atoms with Gasteiger partial charge in [-0.3, -0.25) is 0 Å². The van der Waals surface area contributed by atoms with Crippen molar-refractivity contribution in [2.24, 2.45) is 4.99 Å². The minimum Gasteiger partial charge on any atom is -0.211 e. The minimum absolute atomic E-state index is 0.645. The molecule has 0 unspecified atom stereocenters. The number of nitrogens with zero attached hydrogens (tertiary/aromatic N) is 1. The minimum atomic E-state index is -3.32. The van der Waals surface area contributed by atoms with Crippen LogP contribution >= 0.6 is 0 Å². The van der Waals surface area contributed by atoms with Crippen molar-refractivity contribution in [3.8, 4) is 0 Å². The Morgan fingerprint density at radius 2 is 1.50 bits per heavy atom. The molecule has 2 nitrogen and oxygen atoms in total. The zero-order valence-corrected chi connectivity index (χ0v) is 4.60. The number of carbonyl (C=O) groups excluding carboxylic acids is 1. The van der Waals surface area contributed by atoms with Gasteiger partial charge in [0.2, 0.25) is 6.08 Å². The predicted octanol–water partition coefficient (Wildman–Crippen LogP) is 1.22. The number of aliphatic imine (C=N–C) groups is 1. The molecule has 58 valence electrons. The monoisotopic (exact) mass is 157 g/mol. The Labute approximate surface area is 53.6 Å². The number of alkyl halides is 4. The zero-order valence-electron chi connectivity index (χ0n) is 4.60. The summed E-state index contributed by atoms with van der Waals surface area (Å²) >= 11 is 0. The van der Waals surface area contributed by atoms with Crippen LogP contribution in [0, 0.1) is 0 Å². The maximum Gasteiger partial charge on any atom is 0.267 e. The SMILES string of the molecule is O=C=NC(C(F)F)C(F)F. The predicted molar refractivity (Wildman–Crippen MR) is 23.9 cm³/mol. The van der Waals surface area contributed by atoms with E-state index < -0.39 is 18.9 Å². The smallest absolute Gasteiger partial charge is 0.211 e. The van der Waals surface area contributed by atoms with E-state index >= 15 is 0 Å². The molecule has 0 aliphatic heterocycles. The van der Waals surface area contributed by atoms with Gasteiger partial charge in [0.05, 0.1) is 0 Å². The first-order chi connectivity index (χ1) is 4.59. The van der Waals surface area contributed by atoms with Gasteiger partial charge in [-0.05, 0) is 0 Å². The molecule has 6 heteroatoms. The van der Waals surface area contributed by atoms with Gasteiger partial charge in [-0.2, -0.15) is 4.99 Å². The average molecular weight is 157 g/mol. The van der Waals surface area contributed by atoms with Crippen LogP contribution < -0.4 is 0 Å². The molecule has 0 bridgehead atoms. The summed E-state index contributed by atoms with van der Waals surface area (Å²) in [6.07, 6.45) is -5.99. The number of halogens is 4. The molecule has 0 spiro atoms. The molecule has 0 N–H and O–H groups in total. The molecule has 0 heterocycles. The van der Waals surface area contributed by atoms with Crippen molar-refractivity contribution < 1.29 is 22.4 Å². The van der Waals surface area contributed by atoms with Gasteiger partial charge in [-0.1, -0.05) is 0 Å². The summed E-state index contributed by atoms with van der Waals surface area (Å²) in [6, 6.07) is -2.53. The van der Waals surface area contributed by atoms with Crippen LogP contribution in [0.4, 0.5) is 17.6 Å². The molecule has 0 amide bonds. The molecule has 0 atom stereocenters. The van der Waals surface area contributed by atoms with Crippen LogP contribution in [-0.2, 0) is 4.79 Å². The fourth-order valence-corrected chi connectivity index (χ4v) is 0.284. The molecule has 0 aromatic carbocycles. The van der Waals surface area contributed by atoms with Crippen molar-refractivity contribution in [1.29, 1.82) is 0 Å². The maximum atomic E-state index is 11.4. The summed E-state index contributed by atoms with van der Waals surface area (Å²) in [7, 11) is 0. The average Bonchev–Trinajstić information content (AvgIpc) is 1.81. The lowest BCUT2D eigenvalue weighted by Gasteiger charge is -2.05. The zero-order chi connectivity index (χ0) is 8.15. The Morgan fingerprint density at radius 3 is 1.60 bits per heavy atom. The summed E-state index contributed by atoms with van der Waals surface area (Å²) < 4.78 is 45.5. The van der Waals surface area contributed by atoms with Crippen LogP contribution in [0.25, 0.3) is 0 Å². The van der Waals surface area contributed by atoms with Crippen molar-refractivity contribution >= 4 is 6.08 Å². The van der Waals surface area contributed by atoms with Crippen molar-refractivity contribution in [1.82, 2.24) is 0 Å². The Hall–Kier alpha value is -0.900. The summed E-state index contributed by atoms with van der Waals surface area (Å²) in [5.41, 5.74) is 0. The molecule has 0 saturated carbocycles. The Balaban J connectivity index is 4.11. The Kier molecular flexibility index (Phi) is 3.64. The third kappa shape index (κ3) is 2.59. The highest BCUT2D eigenvalue weighted by Gasteiger charge is 2.29. The standard InChI is InChI=1S/C4H3F4NO/c5-3(6)2(4(7)8)9-1-10/h2-4H. The third-order valence-electron chi connectivity index (χ3n) is 0.718. The van der Waals surface area contributed by atoms with Gasteiger partial charge < -0.3 is 0 Å². The van der Waals surface area contributed by atoms with Gasteiger partial charge in [0.1, 0.15) is 0 Å². The summed E-state index contributed by atoms with van der Waals surface area (Å²) in [5, 5.41) is 0. The van der Waals surface area contributed by atoms with Crippen molar-refractivity contribution in [3.63, 3.8) is 0 Å². The van der Waals surface area contributed by atoms with E-state index in [4.69, 9.17) is 0 Å². The van der Waals surface area contributed by atoms with Crippen LogP contribution in [-0.4, -0.2) is 25.0 Å².